The zero-order chi connectivity index (χ0) is 9.99. The van der Waals surface area contributed by atoms with Crippen LogP contribution in [0.4, 0.5) is 0 Å². The molecular weight excluding hydrogens is 170 g/mol. The molecule has 1 atom stereocenters. The molecule has 0 saturated carbocycles. The molecule has 0 saturated heterocycles. The average Bonchev–Trinajstić information content (AvgIpc) is 1.78. The third kappa shape index (κ3) is 5.47. The Labute approximate surface area is 78.1 Å². The zero-order valence-electron chi connectivity index (χ0n) is 8.84. The van der Waals surface area contributed by atoms with Gasteiger partial charge < -0.3 is 0 Å². The molecule has 0 aliphatic heterocycles. The summed E-state index contributed by atoms with van der Waals surface area (Å²) < 4.78 is 15.2. The minimum Gasteiger partial charge on any atom is -0.234 e. The van der Waals surface area contributed by atoms with Crippen LogP contribution in [0.3, 0.4) is 0 Å². The van der Waals surface area contributed by atoms with Crippen LogP contribution in [-0.2, 0) is 11.0 Å². The lowest BCUT2D eigenvalue weighted by Crippen LogP contribution is -2.20. The summed E-state index contributed by atoms with van der Waals surface area (Å²) in [6.07, 6.45) is 1.76. The lowest BCUT2D eigenvalue weighted by Gasteiger charge is -2.15. The lowest BCUT2D eigenvalue weighted by atomic mass is 10.00. The highest BCUT2D eigenvalue weighted by atomic mass is 32.2. The van der Waals surface area contributed by atoms with Gasteiger partial charge in [-0.2, -0.15) is 4.40 Å². The molecule has 0 heterocycles. The van der Waals surface area contributed by atoms with E-state index in [1.807, 2.05) is 41.5 Å². The van der Waals surface area contributed by atoms with Gasteiger partial charge in [-0.15, -0.1) is 0 Å². The summed E-state index contributed by atoms with van der Waals surface area (Å²) in [5.41, 5.74) is 0.0148. The summed E-state index contributed by atoms with van der Waals surface area (Å²) in [6, 6.07) is 0. The molecule has 0 aliphatic carbocycles. The highest BCUT2D eigenvalue weighted by molar-refractivity contribution is 7.85. The first-order valence-corrected chi connectivity index (χ1v) is 5.21. The number of hydrogen-bond donors (Lipinski definition) is 0. The summed E-state index contributed by atoms with van der Waals surface area (Å²) in [5.74, 6) is 0. The fourth-order valence-corrected chi connectivity index (χ4v) is 1.09. The second kappa shape index (κ2) is 3.69. The van der Waals surface area contributed by atoms with E-state index in [9.17, 15) is 4.21 Å². The van der Waals surface area contributed by atoms with Crippen molar-refractivity contribution in [3.63, 3.8) is 0 Å². The molecule has 0 aromatic heterocycles. The standard InChI is InChI=1S/C9H19NOS/c1-8(2,3)7-10-12(11)9(4,5)6/h7H,1-6H3/t12-/m1/s1. The van der Waals surface area contributed by atoms with Crippen molar-refractivity contribution in [3.8, 4) is 0 Å². The molecule has 0 aromatic rings. The van der Waals surface area contributed by atoms with Crippen LogP contribution in [0.5, 0.6) is 0 Å². The topological polar surface area (TPSA) is 29.4 Å². The Balaban J connectivity index is 4.30. The van der Waals surface area contributed by atoms with Crippen molar-refractivity contribution in [2.75, 3.05) is 0 Å². The van der Waals surface area contributed by atoms with Gasteiger partial charge in [-0.25, -0.2) is 4.21 Å². The molecule has 0 amide bonds. The first-order valence-electron chi connectivity index (χ1n) is 4.10. The van der Waals surface area contributed by atoms with Gasteiger partial charge in [0.25, 0.3) is 0 Å². The van der Waals surface area contributed by atoms with Gasteiger partial charge in [0.15, 0.2) is 0 Å². The first-order chi connectivity index (χ1) is 5.13. The summed E-state index contributed by atoms with van der Waals surface area (Å²) in [7, 11) is -1.11. The van der Waals surface area contributed by atoms with Gasteiger partial charge in [0.2, 0.25) is 0 Å². The van der Waals surface area contributed by atoms with Crippen molar-refractivity contribution in [2.45, 2.75) is 46.3 Å². The van der Waals surface area contributed by atoms with Gasteiger partial charge >= 0.3 is 0 Å². The highest BCUT2D eigenvalue weighted by Crippen LogP contribution is 2.14. The van der Waals surface area contributed by atoms with E-state index in [2.05, 4.69) is 4.40 Å². The van der Waals surface area contributed by atoms with E-state index in [0.29, 0.717) is 0 Å². The Kier molecular flexibility index (Phi) is 3.63. The van der Waals surface area contributed by atoms with E-state index in [4.69, 9.17) is 0 Å². The van der Waals surface area contributed by atoms with Gasteiger partial charge in [-0.3, -0.25) is 0 Å². The van der Waals surface area contributed by atoms with Crippen molar-refractivity contribution in [1.82, 2.24) is 0 Å². The van der Waals surface area contributed by atoms with Crippen molar-refractivity contribution < 1.29 is 4.21 Å². The van der Waals surface area contributed by atoms with Gasteiger partial charge in [0.1, 0.15) is 11.0 Å². The molecule has 0 rings (SSSR count). The van der Waals surface area contributed by atoms with E-state index >= 15 is 0 Å². The smallest absolute Gasteiger partial charge is 0.144 e. The number of nitrogens with zero attached hydrogens (tertiary/aromatic N) is 1. The molecule has 0 unspecified atom stereocenters. The van der Waals surface area contributed by atoms with Crippen LogP contribution in [0.15, 0.2) is 4.40 Å². The van der Waals surface area contributed by atoms with Crippen LogP contribution >= 0.6 is 0 Å². The third-order valence-electron chi connectivity index (χ3n) is 1.06. The maximum Gasteiger partial charge on any atom is 0.144 e. The number of hydrogen-bond acceptors (Lipinski definition) is 1. The quantitative estimate of drug-likeness (QED) is 0.583. The summed E-state index contributed by atoms with van der Waals surface area (Å²) >= 11 is 0. The monoisotopic (exact) mass is 189 g/mol. The molecule has 0 N–H and O–H groups in total. The average molecular weight is 189 g/mol. The predicted octanol–water partition coefficient (Wildman–Crippen LogP) is 2.57. The predicted molar refractivity (Wildman–Crippen MR) is 55.8 cm³/mol. The van der Waals surface area contributed by atoms with Crippen LogP contribution in [0, 0.1) is 5.41 Å². The normalized spacial score (nSPS) is 16.8. The molecule has 12 heavy (non-hydrogen) atoms. The van der Waals surface area contributed by atoms with Crippen molar-refractivity contribution in [3.05, 3.63) is 0 Å². The Hall–Kier alpha value is -0.180. The van der Waals surface area contributed by atoms with Crippen LogP contribution in [0.2, 0.25) is 0 Å². The van der Waals surface area contributed by atoms with Gasteiger partial charge in [-0.1, -0.05) is 20.8 Å². The minimum absolute atomic E-state index is 0.0148. The van der Waals surface area contributed by atoms with E-state index in [0.717, 1.165) is 0 Å². The molecule has 0 fully saturated rings. The maximum atomic E-state index is 11.4. The Morgan fingerprint density at radius 3 is 1.75 bits per heavy atom. The fourth-order valence-electron chi connectivity index (χ4n) is 0.364. The molecule has 0 spiro atoms. The SMILES string of the molecule is CC(C)(C)C=N[S@](=O)C(C)(C)C. The van der Waals surface area contributed by atoms with Crippen LogP contribution in [-0.4, -0.2) is 15.2 Å². The van der Waals surface area contributed by atoms with E-state index < -0.39 is 11.0 Å². The Bertz CT molecular complexity index is 196. The molecule has 0 aromatic carbocycles. The van der Waals surface area contributed by atoms with E-state index in [-0.39, 0.29) is 10.2 Å². The van der Waals surface area contributed by atoms with Gasteiger partial charge in [0.05, 0.1) is 4.75 Å². The van der Waals surface area contributed by atoms with E-state index in [1.54, 1.807) is 6.21 Å². The minimum atomic E-state index is -1.11. The van der Waals surface area contributed by atoms with Gasteiger partial charge in [-0.05, 0) is 26.2 Å². The maximum absolute atomic E-state index is 11.4. The van der Waals surface area contributed by atoms with Crippen molar-refractivity contribution >= 4 is 17.2 Å². The molecular formula is C9H19NOS. The summed E-state index contributed by atoms with van der Waals surface area (Å²) in [5, 5.41) is 0. The first kappa shape index (κ1) is 11.8. The highest BCUT2D eigenvalue weighted by Gasteiger charge is 2.19. The lowest BCUT2D eigenvalue weighted by molar-refractivity contribution is 0.606. The molecule has 0 aliphatic rings. The number of rotatable bonds is 1. The Morgan fingerprint density at radius 1 is 1.08 bits per heavy atom. The van der Waals surface area contributed by atoms with Crippen LogP contribution in [0.25, 0.3) is 0 Å². The Morgan fingerprint density at radius 2 is 1.50 bits per heavy atom. The second-order valence-corrected chi connectivity index (χ2v) is 6.90. The van der Waals surface area contributed by atoms with Crippen molar-refractivity contribution in [2.24, 2.45) is 9.81 Å². The van der Waals surface area contributed by atoms with Crippen LogP contribution < -0.4 is 0 Å². The largest absolute Gasteiger partial charge is 0.234 e. The van der Waals surface area contributed by atoms with Gasteiger partial charge in [0, 0.05) is 6.21 Å². The summed E-state index contributed by atoms with van der Waals surface area (Å²) in [6.45, 7) is 11.9. The summed E-state index contributed by atoms with van der Waals surface area (Å²) in [4.78, 5) is 0. The molecule has 2 nitrogen and oxygen atoms in total. The van der Waals surface area contributed by atoms with E-state index in [1.165, 1.54) is 0 Å². The third-order valence-corrected chi connectivity index (χ3v) is 2.40. The molecule has 3 heteroatoms. The fraction of sp³-hybridized carbons (Fsp3) is 0.889. The zero-order valence-corrected chi connectivity index (χ0v) is 9.66. The second-order valence-electron chi connectivity index (χ2n) is 4.96. The molecule has 72 valence electrons. The molecule has 0 radical (unpaired) electrons. The van der Waals surface area contributed by atoms with Crippen LogP contribution in [0.1, 0.15) is 41.5 Å². The van der Waals surface area contributed by atoms with Crippen molar-refractivity contribution in [1.29, 1.82) is 0 Å². The molecule has 0 bridgehead atoms.